The largest absolute Gasteiger partial charge is 0.294 e. The molecule has 0 unspecified atom stereocenters. The highest BCUT2D eigenvalue weighted by molar-refractivity contribution is 7.10. The van der Waals surface area contributed by atoms with Crippen LogP contribution in [-0.2, 0) is 0 Å². The molecule has 2 aromatic heterocycles. The predicted molar refractivity (Wildman–Crippen MR) is 96.0 cm³/mol. The Labute approximate surface area is 148 Å². The molecule has 0 aliphatic carbocycles. The molecule has 2 heterocycles. The van der Waals surface area contributed by atoms with Crippen LogP contribution < -0.4 is 0 Å². The second-order valence-electron chi connectivity index (χ2n) is 5.31. The highest BCUT2D eigenvalue weighted by atomic mass is 35.5. The Kier molecular flexibility index (Phi) is 5.18. The molecule has 0 radical (unpaired) electrons. The van der Waals surface area contributed by atoms with Crippen LogP contribution in [0, 0.1) is 0 Å². The van der Waals surface area contributed by atoms with Crippen LogP contribution in [0.5, 0.6) is 0 Å². The summed E-state index contributed by atoms with van der Waals surface area (Å²) in [4.78, 5) is 30.3. The number of hydrogen-bond acceptors (Lipinski definition) is 4. The van der Waals surface area contributed by atoms with Gasteiger partial charge in [0.25, 0.3) is 0 Å². The van der Waals surface area contributed by atoms with E-state index in [9.17, 15) is 9.59 Å². The highest BCUT2D eigenvalue weighted by Crippen LogP contribution is 2.29. The molecule has 24 heavy (non-hydrogen) atoms. The summed E-state index contributed by atoms with van der Waals surface area (Å²) in [7, 11) is 0. The van der Waals surface area contributed by atoms with Crippen molar-refractivity contribution in [2.45, 2.75) is 12.3 Å². The van der Waals surface area contributed by atoms with E-state index in [2.05, 4.69) is 4.98 Å². The van der Waals surface area contributed by atoms with Crippen LogP contribution in [0.3, 0.4) is 0 Å². The Hall–Kier alpha value is -2.30. The van der Waals surface area contributed by atoms with Gasteiger partial charge in [-0.1, -0.05) is 17.7 Å². The predicted octanol–water partition coefficient (Wildman–Crippen LogP) is 5.04. The monoisotopic (exact) mass is 355 g/mol. The smallest absolute Gasteiger partial charge is 0.173 e. The molecule has 3 nitrogen and oxygen atoms in total. The van der Waals surface area contributed by atoms with Crippen molar-refractivity contribution in [3.8, 4) is 0 Å². The third-order valence-electron chi connectivity index (χ3n) is 3.70. The van der Waals surface area contributed by atoms with Crippen molar-refractivity contribution in [2.75, 3.05) is 0 Å². The molecule has 1 atom stereocenters. The number of nitrogens with zero attached hydrogens (tertiary/aromatic N) is 1. The molecule has 0 spiro atoms. The second kappa shape index (κ2) is 7.51. The first-order valence-electron chi connectivity index (χ1n) is 7.41. The number of carbonyl (C=O) groups is 2. The van der Waals surface area contributed by atoms with Crippen LogP contribution in [0.2, 0.25) is 5.02 Å². The van der Waals surface area contributed by atoms with Crippen molar-refractivity contribution in [1.29, 1.82) is 0 Å². The topological polar surface area (TPSA) is 47.0 Å². The van der Waals surface area contributed by atoms with E-state index in [1.165, 1.54) is 17.5 Å². The Morgan fingerprint density at radius 3 is 2.46 bits per heavy atom. The molecule has 5 heteroatoms. The Bertz CT molecular complexity index is 830. The number of hydrogen-bond donors (Lipinski definition) is 0. The SMILES string of the molecule is O=C(C[C@@H](C(=O)c1cccnc1)c1cccs1)c1ccc(Cl)cc1. The van der Waals surface area contributed by atoms with E-state index in [0.717, 1.165) is 4.88 Å². The zero-order valence-electron chi connectivity index (χ0n) is 12.7. The number of ketones is 2. The van der Waals surface area contributed by atoms with Crippen LogP contribution in [0.15, 0.2) is 66.3 Å². The van der Waals surface area contributed by atoms with Gasteiger partial charge in [0.15, 0.2) is 11.6 Å². The second-order valence-corrected chi connectivity index (χ2v) is 6.72. The van der Waals surface area contributed by atoms with Crippen molar-refractivity contribution in [3.05, 3.63) is 87.3 Å². The summed E-state index contributed by atoms with van der Waals surface area (Å²) in [6, 6.07) is 13.9. The van der Waals surface area contributed by atoms with Crippen molar-refractivity contribution in [1.82, 2.24) is 4.98 Å². The number of pyridine rings is 1. The first-order chi connectivity index (χ1) is 11.6. The van der Waals surface area contributed by atoms with Crippen LogP contribution in [0.4, 0.5) is 0 Å². The average Bonchev–Trinajstić information content (AvgIpc) is 3.14. The van der Waals surface area contributed by atoms with Crippen LogP contribution in [0.1, 0.15) is 37.9 Å². The fourth-order valence-electron chi connectivity index (χ4n) is 2.46. The van der Waals surface area contributed by atoms with Crippen LogP contribution >= 0.6 is 22.9 Å². The number of rotatable bonds is 6. The van der Waals surface area contributed by atoms with E-state index in [1.54, 1.807) is 42.6 Å². The molecule has 0 saturated heterocycles. The number of carbonyl (C=O) groups excluding carboxylic acids is 2. The number of benzene rings is 1. The minimum absolute atomic E-state index is 0.0812. The maximum absolute atomic E-state index is 12.9. The summed E-state index contributed by atoms with van der Waals surface area (Å²) in [6.45, 7) is 0. The minimum Gasteiger partial charge on any atom is -0.294 e. The Balaban J connectivity index is 1.87. The van der Waals surface area contributed by atoms with E-state index in [-0.39, 0.29) is 18.0 Å². The number of halogens is 1. The van der Waals surface area contributed by atoms with Crippen LogP contribution in [0.25, 0.3) is 0 Å². The van der Waals surface area contributed by atoms with E-state index in [1.807, 2.05) is 17.5 Å². The summed E-state index contributed by atoms with van der Waals surface area (Å²) < 4.78 is 0. The summed E-state index contributed by atoms with van der Waals surface area (Å²) in [6.07, 6.45) is 3.28. The Morgan fingerprint density at radius 2 is 1.83 bits per heavy atom. The number of thiophene rings is 1. The first-order valence-corrected chi connectivity index (χ1v) is 8.67. The Morgan fingerprint density at radius 1 is 1.04 bits per heavy atom. The summed E-state index contributed by atoms with van der Waals surface area (Å²) in [5.74, 6) is -0.674. The fourth-order valence-corrected chi connectivity index (χ4v) is 3.41. The maximum atomic E-state index is 12.9. The standard InChI is InChI=1S/C19H14ClNO2S/c20-15-7-5-13(6-8-15)17(22)11-16(18-4-2-10-24-18)19(23)14-3-1-9-21-12-14/h1-10,12,16H,11H2/t16-/m1/s1. The maximum Gasteiger partial charge on any atom is 0.173 e. The van der Waals surface area contributed by atoms with Gasteiger partial charge in [-0.2, -0.15) is 0 Å². The molecule has 3 rings (SSSR count). The molecule has 0 N–H and O–H groups in total. The minimum atomic E-state index is -0.502. The lowest BCUT2D eigenvalue weighted by molar-refractivity contribution is 0.0894. The molecule has 0 aliphatic rings. The van der Waals surface area contributed by atoms with Crippen LogP contribution in [-0.4, -0.2) is 16.6 Å². The van der Waals surface area contributed by atoms with Crippen molar-refractivity contribution in [3.63, 3.8) is 0 Å². The molecule has 0 amide bonds. The first kappa shape index (κ1) is 16.6. The molecule has 0 fully saturated rings. The fraction of sp³-hybridized carbons (Fsp3) is 0.105. The van der Waals surface area contributed by atoms with E-state index in [4.69, 9.17) is 11.6 Å². The van der Waals surface area contributed by atoms with E-state index < -0.39 is 5.92 Å². The van der Waals surface area contributed by atoms with Gasteiger partial charge in [0.2, 0.25) is 0 Å². The quantitative estimate of drug-likeness (QED) is 0.582. The van der Waals surface area contributed by atoms with E-state index in [0.29, 0.717) is 16.1 Å². The number of Topliss-reactive ketones (excluding diaryl/α,β-unsaturated/α-hetero) is 2. The van der Waals surface area contributed by atoms with Gasteiger partial charge in [-0.05, 0) is 47.8 Å². The lowest BCUT2D eigenvalue weighted by atomic mass is 9.90. The molecule has 120 valence electrons. The van der Waals surface area contributed by atoms with Gasteiger partial charge in [0.05, 0.1) is 5.92 Å². The zero-order chi connectivity index (χ0) is 16.9. The van der Waals surface area contributed by atoms with Gasteiger partial charge >= 0.3 is 0 Å². The van der Waals surface area contributed by atoms with Crippen molar-refractivity contribution < 1.29 is 9.59 Å². The molecular formula is C19H14ClNO2S. The number of aromatic nitrogens is 1. The normalized spacial score (nSPS) is 11.9. The molecule has 0 bridgehead atoms. The molecular weight excluding hydrogens is 342 g/mol. The summed E-state index contributed by atoms with van der Waals surface area (Å²) >= 11 is 7.34. The van der Waals surface area contributed by atoms with Crippen molar-refractivity contribution >= 4 is 34.5 Å². The molecule has 0 aliphatic heterocycles. The van der Waals surface area contributed by atoms with Gasteiger partial charge in [0, 0.05) is 39.8 Å². The summed E-state index contributed by atoms with van der Waals surface area (Å²) in [5, 5.41) is 2.49. The lowest BCUT2D eigenvalue weighted by Crippen LogP contribution is -2.16. The van der Waals surface area contributed by atoms with Crippen molar-refractivity contribution in [2.24, 2.45) is 0 Å². The molecule has 0 saturated carbocycles. The average molecular weight is 356 g/mol. The lowest BCUT2D eigenvalue weighted by Gasteiger charge is -2.14. The van der Waals surface area contributed by atoms with E-state index >= 15 is 0 Å². The highest BCUT2D eigenvalue weighted by Gasteiger charge is 2.26. The molecule has 1 aromatic carbocycles. The van der Waals surface area contributed by atoms with Gasteiger partial charge in [-0.25, -0.2) is 0 Å². The zero-order valence-corrected chi connectivity index (χ0v) is 14.3. The van der Waals surface area contributed by atoms with Gasteiger partial charge in [0.1, 0.15) is 0 Å². The third kappa shape index (κ3) is 3.78. The summed E-state index contributed by atoms with van der Waals surface area (Å²) in [5.41, 5.74) is 1.07. The van der Waals surface area contributed by atoms with Gasteiger partial charge < -0.3 is 0 Å². The molecule has 3 aromatic rings. The van der Waals surface area contributed by atoms with Gasteiger partial charge in [-0.15, -0.1) is 11.3 Å². The van der Waals surface area contributed by atoms with Gasteiger partial charge in [-0.3, -0.25) is 14.6 Å². The third-order valence-corrected chi connectivity index (χ3v) is 4.94.